The minimum atomic E-state index is -2.99. The van der Waals surface area contributed by atoms with Crippen molar-refractivity contribution in [2.75, 3.05) is 18.1 Å². The summed E-state index contributed by atoms with van der Waals surface area (Å²) >= 11 is 11.8. The number of hydrogen-bond donors (Lipinski definition) is 2. The van der Waals surface area contributed by atoms with Crippen LogP contribution in [0.2, 0.25) is 10.0 Å². The molecule has 1 aliphatic rings. The second-order valence-electron chi connectivity index (χ2n) is 4.99. The number of hydrogen-bond acceptors (Lipinski definition) is 3. The zero-order valence-electron chi connectivity index (χ0n) is 11.2. The van der Waals surface area contributed by atoms with Crippen molar-refractivity contribution in [2.24, 2.45) is 0 Å². The molecule has 1 aliphatic heterocycles. The SMILES string of the molecule is O=C(NCCc1ccc(Cl)cc1Cl)NC1CCS(=O)(=O)C1. The van der Waals surface area contributed by atoms with Crippen molar-refractivity contribution in [1.29, 1.82) is 0 Å². The lowest BCUT2D eigenvalue weighted by Crippen LogP contribution is -2.43. The predicted molar refractivity (Wildman–Crippen MR) is 83.8 cm³/mol. The Balaban J connectivity index is 1.74. The Morgan fingerprint density at radius 1 is 1.33 bits per heavy atom. The molecule has 1 atom stereocenters. The zero-order chi connectivity index (χ0) is 15.5. The number of benzene rings is 1. The Morgan fingerprint density at radius 3 is 2.71 bits per heavy atom. The molecule has 0 radical (unpaired) electrons. The number of carbonyl (C=O) groups is 1. The van der Waals surface area contributed by atoms with Crippen LogP contribution in [-0.4, -0.2) is 38.5 Å². The number of rotatable bonds is 4. The van der Waals surface area contributed by atoms with Crippen LogP contribution in [0.25, 0.3) is 0 Å². The number of sulfone groups is 1. The van der Waals surface area contributed by atoms with Gasteiger partial charge in [0.25, 0.3) is 0 Å². The Morgan fingerprint density at radius 2 is 2.10 bits per heavy atom. The molecule has 21 heavy (non-hydrogen) atoms. The van der Waals surface area contributed by atoms with Crippen molar-refractivity contribution in [3.05, 3.63) is 33.8 Å². The molecule has 1 unspecified atom stereocenters. The molecule has 0 aliphatic carbocycles. The van der Waals surface area contributed by atoms with E-state index in [1.807, 2.05) is 6.07 Å². The molecule has 2 rings (SSSR count). The summed E-state index contributed by atoms with van der Waals surface area (Å²) in [5.74, 6) is 0.155. The van der Waals surface area contributed by atoms with Gasteiger partial charge < -0.3 is 10.6 Å². The summed E-state index contributed by atoms with van der Waals surface area (Å²) in [6.07, 6.45) is 1.05. The molecular weight excluding hydrogens is 335 g/mol. The van der Waals surface area contributed by atoms with Crippen LogP contribution in [0.1, 0.15) is 12.0 Å². The first kappa shape index (κ1) is 16.4. The standard InChI is InChI=1S/C13H16Cl2N2O3S/c14-10-2-1-9(12(15)7-10)3-5-16-13(18)17-11-4-6-21(19,20)8-11/h1-2,7,11H,3-6,8H2,(H2,16,17,18). The van der Waals surface area contributed by atoms with Gasteiger partial charge in [-0.05, 0) is 30.5 Å². The molecule has 116 valence electrons. The van der Waals surface area contributed by atoms with Crippen molar-refractivity contribution in [2.45, 2.75) is 18.9 Å². The molecule has 8 heteroatoms. The van der Waals surface area contributed by atoms with Crippen molar-refractivity contribution >= 4 is 39.1 Å². The van der Waals surface area contributed by atoms with Crippen LogP contribution in [-0.2, 0) is 16.3 Å². The van der Waals surface area contributed by atoms with Crippen LogP contribution in [0, 0.1) is 0 Å². The van der Waals surface area contributed by atoms with Crippen molar-refractivity contribution in [1.82, 2.24) is 10.6 Å². The fourth-order valence-corrected chi connectivity index (χ4v) is 4.36. The number of carbonyl (C=O) groups excluding carboxylic acids is 1. The molecule has 1 aromatic carbocycles. The fourth-order valence-electron chi connectivity index (χ4n) is 2.18. The van der Waals surface area contributed by atoms with Gasteiger partial charge in [0.2, 0.25) is 0 Å². The molecule has 1 aromatic rings. The van der Waals surface area contributed by atoms with Crippen LogP contribution < -0.4 is 10.6 Å². The molecule has 2 N–H and O–H groups in total. The molecule has 1 heterocycles. The Kier molecular flexibility index (Phi) is 5.35. The zero-order valence-corrected chi connectivity index (χ0v) is 13.6. The Labute approximate surface area is 133 Å². The highest BCUT2D eigenvalue weighted by Gasteiger charge is 2.28. The van der Waals surface area contributed by atoms with E-state index in [4.69, 9.17) is 23.2 Å². The summed E-state index contributed by atoms with van der Waals surface area (Å²) in [7, 11) is -2.99. The van der Waals surface area contributed by atoms with E-state index >= 15 is 0 Å². The highest BCUT2D eigenvalue weighted by Crippen LogP contribution is 2.21. The third kappa shape index (κ3) is 5.05. The van der Waals surface area contributed by atoms with Gasteiger partial charge in [-0.2, -0.15) is 0 Å². The number of nitrogens with one attached hydrogen (secondary N) is 2. The van der Waals surface area contributed by atoms with E-state index in [0.29, 0.717) is 29.4 Å². The van der Waals surface area contributed by atoms with Gasteiger partial charge in [0.15, 0.2) is 9.84 Å². The second-order valence-corrected chi connectivity index (χ2v) is 8.06. The van der Waals surface area contributed by atoms with Gasteiger partial charge in [-0.15, -0.1) is 0 Å². The van der Waals surface area contributed by atoms with Gasteiger partial charge in [-0.1, -0.05) is 29.3 Å². The number of amides is 2. The minimum absolute atomic E-state index is 0.0173. The summed E-state index contributed by atoms with van der Waals surface area (Å²) in [6.45, 7) is 0.409. The van der Waals surface area contributed by atoms with Crippen LogP contribution >= 0.6 is 23.2 Å². The lowest BCUT2D eigenvalue weighted by molar-refractivity contribution is 0.238. The molecule has 1 fully saturated rings. The van der Waals surface area contributed by atoms with E-state index in [9.17, 15) is 13.2 Å². The van der Waals surface area contributed by atoms with E-state index in [-0.39, 0.29) is 23.6 Å². The fraction of sp³-hybridized carbons (Fsp3) is 0.462. The minimum Gasteiger partial charge on any atom is -0.338 e. The molecule has 1 saturated heterocycles. The van der Waals surface area contributed by atoms with Gasteiger partial charge in [-0.3, -0.25) is 0 Å². The molecule has 0 saturated carbocycles. The quantitative estimate of drug-likeness (QED) is 0.872. The maximum Gasteiger partial charge on any atom is 0.315 e. The van der Waals surface area contributed by atoms with E-state index in [0.717, 1.165) is 5.56 Å². The average molecular weight is 351 g/mol. The third-order valence-corrected chi connectivity index (χ3v) is 5.62. The largest absolute Gasteiger partial charge is 0.338 e. The monoisotopic (exact) mass is 350 g/mol. The summed E-state index contributed by atoms with van der Waals surface area (Å²) in [4.78, 5) is 11.7. The number of urea groups is 1. The van der Waals surface area contributed by atoms with Gasteiger partial charge >= 0.3 is 6.03 Å². The molecule has 0 spiro atoms. The average Bonchev–Trinajstić information content (AvgIpc) is 2.71. The van der Waals surface area contributed by atoms with Crippen LogP contribution in [0.4, 0.5) is 4.79 Å². The van der Waals surface area contributed by atoms with Crippen molar-refractivity contribution in [3.8, 4) is 0 Å². The second kappa shape index (κ2) is 6.85. The maximum absolute atomic E-state index is 11.7. The van der Waals surface area contributed by atoms with Crippen LogP contribution in [0.15, 0.2) is 18.2 Å². The molecule has 5 nitrogen and oxygen atoms in total. The Hall–Kier alpha value is -0.980. The van der Waals surface area contributed by atoms with Crippen molar-refractivity contribution < 1.29 is 13.2 Å². The highest BCUT2D eigenvalue weighted by atomic mass is 35.5. The van der Waals surface area contributed by atoms with Crippen LogP contribution in [0.5, 0.6) is 0 Å². The summed E-state index contributed by atoms with van der Waals surface area (Å²) in [5, 5.41) is 6.48. The van der Waals surface area contributed by atoms with Crippen LogP contribution in [0.3, 0.4) is 0 Å². The summed E-state index contributed by atoms with van der Waals surface area (Å²) in [6, 6.07) is 4.55. The first-order valence-corrected chi connectivity index (χ1v) is 9.12. The molecule has 2 amide bonds. The van der Waals surface area contributed by atoms with Crippen molar-refractivity contribution in [3.63, 3.8) is 0 Å². The summed E-state index contributed by atoms with van der Waals surface area (Å²) in [5.41, 5.74) is 0.893. The smallest absolute Gasteiger partial charge is 0.315 e. The van der Waals surface area contributed by atoms with E-state index in [2.05, 4.69) is 10.6 Å². The third-order valence-electron chi connectivity index (χ3n) is 3.26. The molecule has 0 bridgehead atoms. The normalized spacial score (nSPS) is 20.2. The lowest BCUT2D eigenvalue weighted by Gasteiger charge is -2.12. The predicted octanol–water partition coefficient (Wildman–Crippen LogP) is 2.02. The molecular formula is C13H16Cl2N2O3S. The van der Waals surface area contributed by atoms with E-state index in [1.165, 1.54) is 0 Å². The number of halogens is 2. The van der Waals surface area contributed by atoms with Gasteiger partial charge in [0.1, 0.15) is 0 Å². The lowest BCUT2D eigenvalue weighted by atomic mass is 10.1. The first-order chi connectivity index (χ1) is 9.85. The topological polar surface area (TPSA) is 75.3 Å². The van der Waals surface area contributed by atoms with E-state index in [1.54, 1.807) is 12.1 Å². The van der Waals surface area contributed by atoms with Gasteiger partial charge in [0.05, 0.1) is 11.5 Å². The van der Waals surface area contributed by atoms with Gasteiger partial charge in [0, 0.05) is 22.6 Å². The molecule has 0 aromatic heterocycles. The first-order valence-electron chi connectivity index (χ1n) is 6.54. The summed E-state index contributed by atoms with van der Waals surface area (Å²) < 4.78 is 22.6. The van der Waals surface area contributed by atoms with E-state index < -0.39 is 9.84 Å². The maximum atomic E-state index is 11.7. The van der Waals surface area contributed by atoms with Gasteiger partial charge in [-0.25, -0.2) is 13.2 Å². The highest BCUT2D eigenvalue weighted by molar-refractivity contribution is 7.91. The Bertz CT molecular complexity index is 634.